The lowest BCUT2D eigenvalue weighted by Crippen LogP contribution is -2.38. The molecule has 0 N–H and O–H groups in total. The van der Waals surface area contributed by atoms with E-state index in [2.05, 4.69) is 21.4 Å². The van der Waals surface area contributed by atoms with Crippen molar-refractivity contribution >= 4 is 5.91 Å². The summed E-state index contributed by atoms with van der Waals surface area (Å²) in [5.41, 5.74) is 3.29. The van der Waals surface area contributed by atoms with Crippen LogP contribution in [0.3, 0.4) is 0 Å². The molecular weight excluding hydrogens is 402 g/mol. The average Bonchev–Trinajstić information content (AvgIpc) is 3.42. The third kappa shape index (κ3) is 3.48. The van der Waals surface area contributed by atoms with E-state index in [1.807, 2.05) is 37.6 Å². The van der Waals surface area contributed by atoms with Gasteiger partial charge in [0.2, 0.25) is 0 Å². The van der Waals surface area contributed by atoms with Crippen molar-refractivity contribution in [1.82, 2.24) is 29.7 Å². The smallest absolute Gasteiger partial charge is 0.276 e. The van der Waals surface area contributed by atoms with Gasteiger partial charge in [0.15, 0.2) is 11.5 Å². The molecule has 2 aromatic carbocycles. The molecule has 4 aromatic rings. The van der Waals surface area contributed by atoms with Crippen LogP contribution in [0.25, 0.3) is 5.69 Å². The number of hydrogen-bond donors (Lipinski definition) is 0. The first-order valence-corrected chi connectivity index (χ1v) is 9.73. The molecular formula is C22H18F2N6O. The van der Waals surface area contributed by atoms with E-state index in [-0.39, 0.29) is 23.2 Å². The van der Waals surface area contributed by atoms with Crippen LogP contribution in [-0.4, -0.2) is 42.1 Å². The Bertz CT molecular complexity index is 1280. The summed E-state index contributed by atoms with van der Waals surface area (Å²) in [7, 11) is 1.86. The maximum Gasteiger partial charge on any atom is 0.276 e. The first-order valence-electron chi connectivity index (χ1n) is 9.73. The molecule has 0 spiro atoms. The topological polar surface area (TPSA) is 68.8 Å². The van der Waals surface area contributed by atoms with E-state index in [0.29, 0.717) is 13.1 Å². The minimum atomic E-state index is -0.807. The Hall–Kier alpha value is -3.88. The van der Waals surface area contributed by atoms with Crippen molar-refractivity contribution in [2.24, 2.45) is 7.05 Å². The van der Waals surface area contributed by atoms with Crippen LogP contribution in [0.1, 0.15) is 33.1 Å². The number of aromatic nitrogens is 5. The lowest BCUT2D eigenvalue weighted by molar-refractivity contribution is 0.0718. The summed E-state index contributed by atoms with van der Waals surface area (Å²) in [6.07, 6.45) is 5.05. The fourth-order valence-corrected chi connectivity index (χ4v) is 3.95. The highest BCUT2D eigenvalue weighted by Crippen LogP contribution is 2.33. The van der Waals surface area contributed by atoms with Crippen LogP contribution < -0.4 is 0 Å². The Balaban J connectivity index is 1.45. The molecule has 156 valence electrons. The van der Waals surface area contributed by atoms with Gasteiger partial charge < -0.3 is 4.90 Å². The van der Waals surface area contributed by atoms with E-state index in [0.717, 1.165) is 33.6 Å². The summed E-state index contributed by atoms with van der Waals surface area (Å²) >= 11 is 0. The van der Waals surface area contributed by atoms with Crippen LogP contribution in [0.5, 0.6) is 0 Å². The van der Waals surface area contributed by atoms with Crippen molar-refractivity contribution in [2.45, 2.75) is 12.5 Å². The highest BCUT2D eigenvalue weighted by Gasteiger charge is 2.31. The van der Waals surface area contributed by atoms with Crippen LogP contribution >= 0.6 is 0 Å². The van der Waals surface area contributed by atoms with Gasteiger partial charge in [0, 0.05) is 38.3 Å². The average molecular weight is 420 g/mol. The molecule has 31 heavy (non-hydrogen) atoms. The van der Waals surface area contributed by atoms with E-state index in [1.54, 1.807) is 9.58 Å². The van der Waals surface area contributed by atoms with E-state index >= 15 is 0 Å². The van der Waals surface area contributed by atoms with Crippen molar-refractivity contribution < 1.29 is 13.6 Å². The largest absolute Gasteiger partial charge is 0.332 e. The SMILES string of the molecule is Cn1cc(C2CN(C(=O)c3cnn(-c4ccc(F)cc4F)n3)Cc3ccccc32)cn1. The summed E-state index contributed by atoms with van der Waals surface area (Å²) < 4.78 is 29.0. The standard InChI is InChI=1S/C22H18F2N6O/c1-28-11-15(9-25-28)18-13-29(12-14-4-2-3-5-17(14)18)22(31)20-10-26-30(27-20)21-7-6-16(23)8-19(21)24/h2-11,18H,12-13H2,1H3. The maximum atomic E-state index is 14.1. The lowest BCUT2D eigenvalue weighted by Gasteiger charge is -2.34. The number of amides is 1. The summed E-state index contributed by atoms with van der Waals surface area (Å²) in [6, 6.07) is 11.1. The molecule has 0 bridgehead atoms. The number of nitrogens with zero attached hydrogens (tertiary/aromatic N) is 6. The number of carbonyl (C=O) groups is 1. The third-order valence-electron chi connectivity index (χ3n) is 5.45. The van der Waals surface area contributed by atoms with Crippen LogP contribution in [0.4, 0.5) is 8.78 Å². The number of aryl methyl sites for hydroxylation is 1. The van der Waals surface area contributed by atoms with Crippen LogP contribution in [-0.2, 0) is 13.6 Å². The number of carbonyl (C=O) groups excluding carboxylic acids is 1. The Labute approximate surface area is 176 Å². The van der Waals surface area contributed by atoms with Gasteiger partial charge in [-0.15, -0.1) is 9.90 Å². The quantitative estimate of drug-likeness (QED) is 0.511. The molecule has 0 aliphatic carbocycles. The van der Waals surface area contributed by atoms with Crippen molar-refractivity contribution in [3.05, 3.63) is 95.1 Å². The second kappa shape index (κ2) is 7.42. The Morgan fingerprint density at radius 3 is 2.71 bits per heavy atom. The van der Waals surface area contributed by atoms with Gasteiger partial charge in [-0.1, -0.05) is 24.3 Å². The molecule has 0 fully saturated rings. The number of halogens is 2. The van der Waals surface area contributed by atoms with E-state index in [9.17, 15) is 13.6 Å². The molecule has 2 aromatic heterocycles. The molecule has 7 nitrogen and oxygen atoms in total. The van der Waals surface area contributed by atoms with Crippen molar-refractivity contribution in [3.8, 4) is 5.69 Å². The summed E-state index contributed by atoms with van der Waals surface area (Å²) in [5, 5.41) is 12.4. The third-order valence-corrected chi connectivity index (χ3v) is 5.45. The molecule has 3 heterocycles. The molecule has 1 aliphatic heterocycles. The van der Waals surface area contributed by atoms with Gasteiger partial charge in [0.25, 0.3) is 5.91 Å². The van der Waals surface area contributed by atoms with Gasteiger partial charge in [0.05, 0.1) is 12.4 Å². The maximum absolute atomic E-state index is 14.1. The van der Waals surface area contributed by atoms with Gasteiger partial charge in [0.1, 0.15) is 11.5 Å². The van der Waals surface area contributed by atoms with Gasteiger partial charge in [-0.3, -0.25) is 9.48 Å². The molecule has 0 saturated carbocycles. The Morgan fingerprint density at radius 1 is 1.10 bits per heavy atom. The second-order valence-electron chi connectivity index (χ2n) is 7.50. The molecule has 9 heteroatoms. The molecule has 1 atom stereocenters. The fourth-order valence-electron chi connectivity index (χ4n) is 3.95. The summed E-state index contributed by atoms with van der Waals surface area (Å²) in [4.78, 5) is 15.9. The van der Waals surface area contributed by atoms with Gasteiger partial charge in [-0.25, -0.2) is 8.78 Å². The van der Waals surface area contributed by atoms with Gasteiger partial charge >= 0.3 is 0 Å². The molecule has 1 aliphatic rings. The minimum absolute atomic E-state index is 0.0211. The van der Waals surface area contributed by atoms with Crippen LogP contribution in [0.15, 0.2) is 61.1 Å². The predicted molar refractivity (Wildman–Crippen MR) is 108 cm³/mol. The summed E-state index contributed by atoms with van der Waals surface area (Å²) in [6.45, 7) is 0.892. The first-order chi connectivity index (χ1) is 15.0. The van der Waals surface area contributed by atoms with Gasteiger partial charge in [-0.05, 0) is 28.8 Å². The highest BCUT2D eigenvalue weighted by atomic mass is 19.1. The monoisotopic (exact) mass is 420 g/mol. The number of benzene rings is 2. The lowest BCUT2D eigenvalue weighted by atomic mass is 9.86. The normalized spacial score (nSPS) is 15.7. The van der Waals surface area contributed by atoms with E-state index < -0.39 is 11.6 Å². The van der Waals surface area contributed by atoms with E-state index in [1.165, 1.54) is 12.3 Å². The predicted octanol–water partition coefficient (Wildman–Crippen LogP) is 3.07. The Morgan fingerprint density at radius 2 is 1.94 bits per heavy atom. The molecule has 1 amide bonds. The second-order valence-corrected chi connectivity index (χ2v) is 7.50. The summed E-state index contributed by atoms with van der Waals surface area (Å²) in [5.74, 6) is -1.83. The van der Waals surface area contributed by atoms with Crippen molar-refractivity contribution in [3.63, 3.8) is 0 Å². The molecule has 1 unspecified atom stereocenters. The number of fused-ring (bicyclic) bond motifs is 1. The zero-order valence-electron chi connectivity index (χ0n) is 16.6. The zero-order valence-corrected chi connectivity index (χ0v) is 16.6. The molecule has 0 saturated heterocycles. The first kappa shape index (κ1) is 19.1. The zero-order chi connectivity index (χ0) is 21.5. The molecule has 5 rings (SSSR count). The minimum Gasteiger partial charge on any atom is -0.332 e. The van der Waals surface area contributed by atoms with Crippen LogP contribution in [0.2, 0.25) is 0 Å². The molecule has 0 radical (unpaired) electrons. The highest BCUT2D eigenvalue weighted by molar-refractivity contribution is 5.92. The number of hydrogen-bond acceptors (Lipinski definition) is 4. The van der Waals surface area contributed by atoms with Crippen LogP contribution in [0, 0.1) is 11.6 Å². The number of rotatable bonds is 3. The van der Waals surface area contributed by atoms with E-state index in [4.69, 9.17) is 0 Å². The van der Waals surface area contributed by atoms with Gasteiger partial charge in [-0.2, -0.15) is 10.2 Å². The van der Waals surface area contributed by atoms with Crippen molar-refractivity contribution in [2.75, 3.05) is 6.54 Å². The fraction of sp³-hybridized carbons (Fsp3) is 0.182. The Kier molecular flexibility index (Phi) is 4.58. The van der Waals surface area contributed by atoms with Crippen molar-refractivity contribution in [1.29, 1.82) is 0 Å².